The number of hydrogen-bond donors (Lipinski definition) is 1. The average Bonchev–Trinajstić information content (AvgIpc) is 2.72. The second-order valence-corrected chi connectivity index (χ2v) is 6.43. The molecule has 150 valence electrons. The molecule has 3 aromatic rings. The van der Waals surface area contributed by atoms with Crippen molar-refractivity contribution in [3.63, 3.8) is 0 Å². The zero-order valence-corrected chi connectivity index (χ0v) is 16.4. The maximum Gasteiger partial charge on any atom is 0.337 e. The summed E-state index contributed by atoms with van der Waals surface area (Å²) in [6.07, 6.45) is 5.44. The first-order valence-electron chi connectivity index (χ1n) is 8.84. The summed E-state index contributed by atoms with van der Waals surface area (Å²) in [6.45, 7) is 0.335. The number of methoxy groups -OCH3 is 1. The third-order valence-corrected chi connectivity index (χ3v) is 4.28. The standard InChI is InChI=1S/C21H19ClN2O5/c1-27-19-13-23-12-17(21(25)26)16(19)7-4-10-28-18-8-3-9-24-20(18)29-15-6-2-5-14(22)11-15/h2-3,5-6,8-9,11-13H,4,7,10H2,1H3,(H,25,26). The van der Waals surface area contributed by atoms with Crippen molar-refractivity contribution in [2.75, 3.05) is 13.7 Å². The van der Waals surface area contributed by atoms with Crippen LogP contribution in [0, 0.1) is 0 Å². The Bertz CT molecular complexity index is 996. The molecule has 0 atom stereocenters. The number of pyridine rings is 2. The first-order chi connectivity index (χ1) is 14.1. The van der Waals surface area contributed by atoms with Gasteiger partial charge in [0.25, 0.3) is 5.88 Å². The second kappa shape index (κ2) is 9.75. The molecule has 3 rings (SSSR count). The summed E-state index contributed by atoms with van der Waals surface area (Å²) >= 11 is 5.98. The molecule has 8 heteroatoms. The van der Waals surface area contributed by atoms with Crippen LogP contribution in [0.1, 0.15) is 22.3 Å². The molecule has 2 aromatic heterocycles. The predicted molar refractivity (Wildman–Crippen MR) is 107 cm³/mol. The smallest absolute Gasteiger partial charge is 0.337 e. The number of ether oxygens (including phenoxy) is 3. The average molecular weight is 415 g/mol. The third kappa shape index (κ3) is 5.36. The Morgan fingerprint density at radius 3 is 2.79 bits per heavy atom. The van der Waals surface area contributed by atoms with Crippen molar-refractivity contribution in [1.82, 2.24) is 9.97 Å². The molecule has 0 fully saturated rings. The lowest BCUT2D eigenvalue weighted by atomic mass is 10.0. The topological polar surface area (TPSA) is 90.8 Å². The minimum atomic E-state index is -1.04. The Morgan fingerprint density at radius 2 is 2.03 bits per heavy atom. The van der Waals surface area contributed by atoms with Gasteiger partial charge in [-0.1, -0.05) is 17.7 Å². The fourth-order valence-corrected chi connectivity index (χ4v) is 2.90. The monoisotopic (exact) mass is 414 g/mol. The van der Waals surface area contributed by atoms with Crippen LogP contribution >= 0.6 is 11.6 Å². The van der Waals surface area contributed by atoms with Crippen LogP contribution < -0.4 is 14.2 Å². The highest BCUT2D eigenvalue weighted by molar-refractivity contribution is 6.30. The second-order valence-electron chi connectivity index (χ2n) is 5.99. The molecular formula is C21H19ClN2O5. The summed E-state index contributed by atoms with van der Waals surface area (Å²) in [4.78, 5) is 19.5. The maximum absolute atomic E-state index is 11.4. The summed E-state index contributed by atoms with van der Waals surface area (Å²) in [5.74, 6) is 0.747. The largest absolute Gasteiger partial charge is 0.495 e. The van der Waals surface area contributed by atoms with E-state index in [0.717, 1.165) is 0 Å². The molecule has 1 aromatic carbocycles. The number of aromatic nitrogens is 2. The highest BCUT2D eigenvalue weighted by atomic mass is 35.5. The first kappa shape index (κ1) is 20.4. The molecular weight excluding hydrogens is 396 g/mol. The van der Waals surface area contributed by atoms with Crippen molar-refractivity contribution in [1.29, 1.82) is 0 Å². The van der Waals surface area contributed by atoms with Gasteiger partial charge in [-0.2, -0.15) is 0 Å². The van der Waals surface area contributed by atoms with Crippen LogP contribution in [0.5, 0.6) is 23.1 Å². The molecule has 0 unspecified atom stereocenters. The number of carboxylic acids is 1. The SMILES string of the molecule is COc1cncc(C(=O)O)c1CCCOc1cccnc1Oc1cccc(Cl)c1. The summed E-state index contributed by atoms with van der Waals surface area (Å²) < 4.78 is 16.8. The maximum atomic E-state index is 11.4. The van der Waals surface area contributed by atoms with Gasteiger partial charge < -0.3 is 19.3 Å². The number of aromatic carboxylic acids is 1. The van der Waals surface area contributed by atoms with Gasteiger partial charge in [-0.05, 0) is 43.2 Å². The molecule has 0 saturated carbocycles. The molecule has 0 aliphatic carbocycles. The van der Waals surface area contributed by atoms with Crippen LogP contribution in [0.3, 0.4) is 0 Å². The molecule has 0 saturated heterocycles. The van der Waals surface area contributed by atoms with Crippen molar-refractivity contribution in [2.45, 2.75) is 12.8 Å². The van der Waals surface area contributed by atoms with Gasteiger partial charge in [0.2, 0.25) is 0 Å². The van der Waals surface area contributed by atoms with Crippen LogP contribution in [-0.4, -0.2) is 34.8 Å². The van der Waals surface area contributed by atoms with Gasteiger partial charge in [0, 0.05) is 23.0 Å². The lowest BCUT2D eigenvalue weighted by Crippen LogP contribution is -2.08. The van der Waals surface area contributed by atoms with Crippen molar-refractivity contribution >= 4 is 17.6 Å². The first-order valence-corrected chi connectivity index (χ1v) is 9.21. The number of nitrogens with zero attached hydrogens (tertiary/aromatic N) is 2. The number of halogens is 1. The number of carboxylic acid groups (broad SMARTS) is 1. The van der Waals surface area contributed by atoms with Crippen molar-refractivity contribution in [3.05, 3.63) is 71.1 Å². The molecule has 1 N–H and O–H groups in total. The molecule has 0 radical (unpaired) electrons. The zero-order valence-electron chi connectivity index (χ0n) is 15.7. The van der Waals surface area contributed by atoms with E-state index >= 15 is 0 Å². The molecule has 2 heterocycles. The molecule has 0 bridgehead atoms. The van der Waals surface area contributed by atoms with E-state index in [1.54, 1.807) is 42.6 Å². The Balaban J connectivity index is 1.64. The lowest BCUT2D eigenvalue weighted by Gasteiger charge is -2.13. The van der Waals surface area contributed by atoms with Gasteiger partial charge in [0.1, 0.15) is 11.5 Å². The van der Waals surface area contributed by atoms with Crippen LogP contribution in [0.4, 0.5) is 0 Å². The van der Waals surface area contributed by atoms with E-state index in [1.807, 2.05) is 0 Å². The quantitative estimate of drug-likeness (QED) is 0.510. The van der Waals surface area contributed by atoms with Crippen molar-refractivity contribution in [3.8, 4) is 23.1 Å². The van der Waals surface area contributed by atoms with E-state index in [-0.39, 0.29) is 5.56 Å². The summed E-state index contributed by atoms with van der Waals surface area (Å²) in [5, 5.41) is 9.91. The summed E-state index contributed by atoms with van der Waals surface area (Å²) in [6, 6.07) is 10.5. The van der Waals surface area contributed by atoms with E-state index in [4.69, 9.17) is 25.8 Å². The van der Waals surface area contributed by atoms with Gasteiger partial charge in [-0.25, -0.2) is 9.78 Å². The van der Waals surface area contributed by atoms with Crippen molar-refractivity contribution in [2.24, 2.45) is 0 Å². The Kier molecular flexibility index (Phi) is 6.86. The zero-order chi connectivity index (χ0) is 20.6. The van der Waals surface area contributed by atoms with Crippen molar-refractivity contribution < 1.29 is 24.1 Å². The van der Waals surface area contributed by atoms with Gasteiger partial charge in [-0.3, -0.25) is 4.98 Å². The number of carbonyl (C=O) groups is 1. The Hall–Kier alpha value is -3.32. The highest BCUT2D eigenvalue weighted by Gasteiger charge is 2.15. The third-order valence-electron chi connectivity index (χ3n) is 4.04. The number of benzene rings is 1. The van der Waals surface area contributed by atoms with Crippen LogP contribution in [0.25, 0.3) is 0 Å². The molecule has 29 heavy (non-hydrogen) atoms. The van der Waals surface area contributed by atoms with Gasteiger partial charge in [-0.15, -0.1) is 0 Å². The van der Waals surface area contributed by atoms with E-state index in [0.29, 0.717) is 53.2 Å². The van der Waals surface area contributed by atoms with Crippen LogP contribution in [-0.2, 0) is 6.42 Å². The molecule has 0 spiro atoms. The fraction of sp³-hybridized carbons (Fsp3) is 0.190. The molecule has 7 nitrogen and oxygen atoms in total. The minimum absolute atomic E-state index is 0.121. The normalized spacial score (nSPS) is 10.4. The van der Waals surface area contributed by atoms with E-state index < -0.39 is 5.97 Å². The predicted octanol–water partition coefficient (Wildman–Crippen LogP) is 4.64. The fourth-order valence-electron chi connectivity index (χ4n) is 2.72. The van der Waals surface area contributed by atoms with E-state index in [1.165, 1.54) is 19.5 Å². The van der Waals surface area contributed by atoms with E-state index in [9.17, 15) is 9.90 Å². The van der Waals surface area contributed by atoms with Crippen LogP contribution in [0.2, 0.25) is 5.02 Å². The van der Waals surface area contributed by atoms with Gasteiger partial charge in [0.05, 0.1) is 25.5 Å². The minimum Gasteiger partial charge on any atom is -0.495 e. The van der Waals surface area contributed by atoms with Crippen LogP contribution in [0.15, 0.2) is 55.0 Å². The molecule has 0 aliphatic rings. The van der Waals surface area contributed by atoms with Gasteiger partial charge >= 0.3 is 5.97 Å². The number of hydrogen-bond acceptors (Lipinski definition) is 6. The number of rotatable bonds is 9. The Morgan fingerprint density at radius 1 is 1.17 bits per heavy atom. The molecule has 0 aliphatic heterocycles. The highest BCUT2D eigenvalue weighted by Crippen LogP contribution is 2.30. The Labute approximate surface area is 172 Å². The summed E-state index contributed by atoms with van der Waals surface area (Å²) in [5.41, 5.74) is 0.705. The molecule has 0 amide bonds. The van der Waals surface area contributed by atoms with Gasteiger partial charge in [0.15, 0.2) is 5.75 Å². The lowest BCUT2D eigenvalue weighted by molar-refractivity contribution is 0.0694. The summed E-state index contributed by atoms with van der Waals surface area (Å²) in [7, 11) is 1.48. The van der Waals surface area contributed by atoms with E-state index in [2.05, 4.69) is 9.97 Å².